The number of nitrogens with zero attached hydrogens (tertiary/aromatic N) is 1. The Morgan fingerprint density at radius 1 is 1.37 bits per heavy atom. The fourth-order valence-corrected chi connectivity index (χ4v) is 1.99. The standard InChI is InChI=1S/C12H13NO6/c1-13(9-6-18-5-8(9)12(16)17)11(15)7-2-3-10(14)19-4-7/h2-4,8-9H,5-6H2,1H3,(H,16,17). The van der Waals surface area contributed by atoms with E-state index in [9.17, 15) is 14.4 Å². The van der Waals surface area contributed by atoms with Crippen LogP contribution in [0, 0.1) is 5.92 Å². The quantitative estimate of drug-likeness (QED) is 0.815. The van der Waals surface area contributed by atoms with Gasteiger partial charge in [0.2, 0.25) is 0 Å². The third-order valence-corrected chi connectivity index (χ3v) is 3.13. The zero-order chi connectivity index (χ0) is 14.0. The van der Waals surface area contributed by atoms with E-state index in [1.54, 1.807) is 0 Å². The number of ether oxygens (including phenoxy) is 1. The van der Waals surface area contributed by atoms with Crippen LogP contribution in [0.25, 0.3) is 0 Å². The van der Waals surface area contributed by atoms with Crippen LogP contribution in [0.3, 0.4) is 0 Å². The van der Waals surface area contributed by atoms with E-state index in [0.717, 1.165) is 12.3 Å². The highest BCUT2D eigenvalue weighted by Gasteiger charge is 2.38. The van der Waals surface area contributed by atoms with Crippen LogP contribution in [0.4, 0.5) is 0 Å². The maximum atomic E-state index is 12.1. The van der Waals surface area contributed by atoms with E-state index >= 15 is 0 Å². The molecule has 0 radical (unpaired) electrons. The van der Waals surface area contributed by atoms with Gasteiger partial charge in [0.1, 0.15) is 12.2 Å². The molecule has 2 rings (SSSR count). The van der Waals surface area contributed by atoms with Crippen molar-refractivity contribution in [3.8, 4) is 0 Å². The summed E-state index contributed by atoms with van der Waals surface area (Å²) in [6.45, 7) is 0.261. The van der Waals surface area contributed by atoms with Crippen LogP contribution in [-0.2, 0) is 9.53 Å². The van der Waals surface area contributed by atoms with Gasteiger partial charge in [-0.2, -0.15) is 0 Å². The van der Waals surface area contributed by atoms with Gasteiger partial charge in [0.05, 0.1) is 24.8 Å². The largest absolute Gasteiger partial charge is 0.481 e. The second kappa shape index (κ2) is 5.23. The van der Waals surface area contributed by atoms with Crippen LogP contribution in [0.1, 0.15) is 10.4 Å². The average Bonchev–Trinajstić information content (AvgIpc) is 2.87. The van der Waals surface area contributed by atoms with Gasteiger partial charge >= 0.3 is 11.6 Å². The topological polar surface area (TPSA) is 97.0 Å². The molecule has 0 aliphatic carbocycles. The lowest BCUT2D eigenvalue weighted by atomic mass is 10.0. The van der Waals surface area contributed by atoms with Crippen LogP contribution in [0.2, 0.25) is 0 Å². The van der Waals surface area contributed by atoms with E-state index in [2.05, 4.69) is 4.42 Å². The van der Waals surface area contributed by atoms with E-state index in [4.69, 9.17) is 9.84 Å². The summed E-state index contributed by atoms with van der Waals surface area (Å²) in [6.07, 6.45) is 1.06. The molecule has 1 fully saturated rings. The molecule has 0 spiro atoms. The number of amides is 1. The normalized spacial score (nSPS) is 22.2. The summed E-state index contributed by atoms with van der Waals surface area (Å²) in [5.74, 6) is -2.16. The van der Waals surface area contributed by atoms with Crippen molar-refractivity contribution >= 4 is 11.9 Å². The zero-order valence-corrected chi connectivity index (χ0v) is 10.2. The number of carbonyl (C=O) groups excluding carboxylic acids is 1. The Balaban J connectivity index is 2.17. The van der Waals surface area contributed by atoms with Crippen LogP contribution >= 0.6 is 0 Å². The highest BCUT2D eigenvalue weighted by molar-refractivity contribution is 5.94. The molecule has 1 aliphatic rings. The third kappa shape index (κ3) is 2.65. The number of hydrogen-bond acceptors (Lipinski definition) is 5. The number of carboxylic acids is 1. The average molecular weight is 267 g/mol. The van der Waals surface area contributed by atoms with Crippen LogP contribution in [0.5, 0.6) is 0 Å². The van der Waals surface area contributed by atoms with Crippen molar-refractivity contribution in [3.05, 3.63) is 34.4 Å². The number of carboxylic acid groups (broad SMARTS) is 1. The van der Waals surface area contributed by atoms with Gasteiger partial charge < -0.3 is 19.2 Å². The van der Waals surface area contributed by atoms with Crippen LogP contribution in [0.15, 0.2) is 27.6 Å². The second-order valence-electron chi connectivity index (χ2n) is 4.31. The number of carbonyl (C=O) groups is 2. The Morgan fingerprint density at radius 3 is 2.68 bits per heavy atom. The van der Waals surface area contributed by atoms with Gasteiger partial charge in [-0.1, -0.05) is 0 Å². The third-order valence-electron chi connectivity index (χ3n) is 3.13. The molecule has 7 heteroatoms. The molecular weight excluding hydrogens is 254 g/mol. The second-order valence-corrected chi connectivity index (χ2v) is 4.31. The maximum absolute atomic E-state index is 12.1. The zero-order valence-electron chi connectivity index (χ0n) is 10.2. The van der Waals surface area contributed by atoms with Gasteiger partial charge in [0, 0.05) is 13.1 Å². The van der Waals surface area contributed by atoms with Crippen molar-refractivity contribution in [1.29, 1.82) is 0 Å². The minimum atomic E-state index is -0.998. The Hall–Kier alpha value is -2.15. The highest BCUT2D eigenvalue weighted by atomic mass is 16.5. The molecular formula is C12H13NO6. The van der Waals surface area contributed by atoms with Crippen molar-refractivity contribution in [2.75, 3.05) is 20.3 Å². The molecule has 19 heavy (non-hydrogen) atoms. The van der Waals surface area contributed by atoms with E-state index < -0.39 is 29.5 Å². The van der Waals surface area contributed by atoms with Gasteiger partial charge in [0.15, 0.2) is 0 Å². The first-order valence-corrected chi connectivity index (χ1v) is 5.67. The van der Waals surface area contributed by atoms with Crippen molar-refractivity contribution in [2.24, 2.45) is 5.92 Å². The Bertz CT molecular complexity index is 531. The molecule has 7 nitrogen and oxygen atoms in total. The lowest BCUT2D eigenvalue weighted by molar-refractivity contribution is -0.142. The first-order valence-electron chi connectivity index (χ1n) is 5.67. The van der Waals surface area contributed by atoms with E-state index in [1.165, 1.54) is 18.0 Å². The summed E-state index contributed by atoms with van der Waals surface area (Å²) in [5.41, 5.74) is -0.357. The van der Waals surface area contributed by atoms with Crippen LogP contribution < -0.4 is 5.63 Å². The lowest BCUT2D eigenvalue weighted by Crippen LogP contribution is -2.44. The molecule has 1 aromatic rings. The van der Waals surface area contributed by atoms with Gasteiger partial charge in [-0.15, -0.1) is 0 Å². The summed E-state index contributed by atoms with van der Waals surface area (Å²) in [6, 6.07) is 1.95. The Kier molecular flexibility index (Phi) is 3.66. The summed E-state index contributed by atoms with van der Waals surface area (Å²) >= 11 is 0. The number of hydrogen-bond donors (Lipinski definition) is 1. The lowest BCUT2D eigenvalue weighted by Gasteiger charge is -2.26. The van der Waals surface area contributed by atoms with Crippen molar-refractivity contribution in [1.82, 2.24) is 4.90 Å². The van der Waals surface area contributed by atoms with Gasteiger partial charge in [-0.3, -0.25) is 9.59 Å². The van der Waals surface area contributed by atoms with Crippen molar-refractivity contribution in [2.45, 2.75) is 6.04 Å². The Morgan fingerprint density at radius 2 is 2.11 bits per heavy atom. The molecule has 1 saturated heterocycles. The molecule has 0 bridgehead atoms. The van der Waals surface area contributed by atoms with Gasteiger partial charge in [-0.05, 0) is 6.07 Å². The summed E-state index contributed by atoms with van der Waals surface area (Å²) < 4.78 is 9.73. The van der Waals surface area contributed by atoms with Crippen molar-refractivity contribution in [3.63, 3.8) is 0 Å². The SMILES string of the molecule is CN(C(=O)c1ccc(=O)oc1)C1COCC1C(=O)O. The molecule has 0 aromatic carbocycles. The molecule has 2 atom stereocenters. The highest BCUT2D eigenvalue weighted by Crippen LogP contribution is 2.20. The first kappa shape index (κ1) is 13.3. The van der Waals surface area contributed by atoms with Crippen LogP contribution in [-0.4, -0.2) is 48.2 Å². The van der Waals surface area contributed by atoms with Gasteiger partial charge in [-0.25, -0.2) is 4.79 Å². The molecule has 0 saturated carbocycles. The monoisotopic (exact) mass is 267 g/mol. The Labute approximate surface area is 108 Å². The fourth-order valence-electron chi connectivity index (χ4n) is 1.99. The first-order chi connectivity index (χ1) is 9.00. The summed E-state index contributed by atoms with van der Waals surface area (Å²) in [7, 11) is 1.50. The van der Waals surface area contributed by atoms with Crippen molar-refractivity contribution < 1.29 is 23.8 Å². The maximum Gasteiger partial charge on any atom is 0.335 e. The smallest absolute Gasteiger partial charge is 0.335 e. The molecule has 2 unspecified atom stereocenters. The molecule has 1 aromatic heterocycles. The number of aliphatic carboxylic acids is 1. The summed E-state index contributed by atoms with van der Waals surface area (Å²) in [4.78, 5) is 35.3. The molecule has 1 amide bonds. The number of rotatable bonds is 3. The minimum Gasteiger partial charge on any atom is -0.481 e. The predicted molar refractivity (Wildman–Crippen MR) is 62.8 cm³/mol. The van der Waals surface area contributed by atoms with E-state index in [1.807, 2.05) is 0 Å². The van der Waals surface area contributed by atoms with E-state index in [-0.39, 0.29) is 18.8 Å². The number of likely N-dealkylation sites (N-methyl/N-ethyl adjacent to an activating group) is 1. The molecule has 102 valence electrons. The molecule has 2 heterocycles. The molecule has 1 N–H and O–H groups in total. The summed E-state index contributed by atoms with van der Waals surface area (Å²) in [5, 5.41) is 9.04. The minimum absolute atomic E-state index is 0.0848. The predicted octanol–water partition coefficient (Wildman–Crippen LogP) is -0.189. The fraction of sp³-hybridized carbons (Fsp3) is 0.417. The van der Waals surface area contributed by atoms with Gasteiger partial charge in [0.25, 0.3) is 5.91 Å². The van der Waals surface area contributed by atoms with E-state index in [0.29, 0.717) is 0 Å². The molecule has 1 aliphatic heterocycles.